The third kappa shape index (κ3) is 2.87. The third-order valence-electron chi connectivity index (χ3n) is 2.40. The van der Waals surface area contributed by atoms with Crippen molar-refractivity contribution in [3.8, 4) is 0 Å². The van der Waals surface area contributed by atoms with Gasteiger partial charge in [-0.25, -0.2) is 0 Å². The maximum absolute atomic E-state index is 12.3. The van der Waals surface area contributed by atoms with Crippen LogP contribution in [-0.2, 0) is 12.7 Å². The summed E-state index contributed by atoms with van der Waals surface area (Å²) in [5.41, 5.74) is 1.05. The molecule has 0 aliphatic rings. The molecule has 90 valence electrons. The molecule has 0 unspecified atom stereocenters. The number of aromatic nitrogens is 2. The summed E-state index contributed by atoms with van der Waals surface area (Å²) in [5.74, 6) is 0. The molecular weight excluding hydrogens is 229 g/mol. The van der Waals surface area contributed by atoms with Crippen LogP contribution in [0.5, 0.6) is 0 Å². The molecule has 0 N–H and O–H groups in total. The lowest BCUT2D eigenvalue weighted by atomic mass is 10.1. The molecule has 0 aliphatic heterocycles. The van der Waals surface area contributed by atoms with Crippen molar-refractivity contribution >= 4 is 0 Å². The number of hydrogen-bond donors (Lipinski definition) is 0. The van der Waals surface area contributed by atoms with E-state index in [4.69, 9.17) is 0 Å². The summed E-state index contributed by atoms with van der Waals surface area (Å²) in [6, 6.07) is 6.97. The van der Waals surface area contributed by atoms with E-state index in [9.17, 15) is 13.2 Å². The molecule has 0 radical (unpaired) electrons. The van der Waals surface area contributed by atoms with Gasteiger partial charge in [-0.15, -0.1) is 0 Å². The summed E-state index contributed by atoms with van der Waals surface area (Å²) in [6.45, 7) is 2.34. The Labute approximate surface area is 96.7 Å². The van der Waals surface area contributed by atoms with E-state index in [-0.39, 0.29) is 0 Å². The molecule has 0 fully saturated rings. The number of benzene rings is 1. The molecular formula is C12H11F3N2. The van der Waals surface area contributed by atoms with Gasteiger partial charge in [-0.2, -0.15) is 18.3 Å². The summed E-state index contributed by atoms with van der Waals surface area (Å²) in [4.78, 5) is 0. The Morgan fingerprint density at radius 2 is 1.76 bits per heavy atom. The molecule has 17 heavy (non-hydrogen) atoms. The van der Waals surface area contributed by atoms with Crippen molar-refractivity contribution in [1.82, 2.24) is 9.78 Å². The van der Waals surface area contributed by atoms with Crippen molar-refractivity contribution in [3.05, 3.63) is 53.3 Å². The Balaban J connectivity index is 2.13. The van der Waals surface area contributed by atoms with Crippen molar-refractivity contribution in [3.63, 3.8) is 0 Å². The lowest BCUT2D eigenvalue weighted by Crippen LogP contribution is -2.05. The lowest BCUT2D eigenvalue weighted by Gasteiger charge is -2.07. The van der Waals surface area contributed by atoms with Crippen LogP contribution in [0.1, 0.15) is 16.8 Å². The molecule has 1 aromatic heterocycles. The summed E-state index contributed by atoms with van der Waals surface area (Å²) >= 11 is 0. The van der Waals surface area contributed by atoms with E-state index in [2.05, 4.69) is 5.10 Å². The zero-order chi connectivity index (χ0) is 12.5. The van der Waals surface area contributed by atoms with Gasteiger partial charge in [0.15, 0.2) is 0 Å². The van der Waals surface area contributed by atoms with E-state index in [1.807, 2.05) is 13.0 Å². The zero-order valence-corrected chi connectivity index (χ0v) is 9.20. The first-order valence-electron chi connectivity index (χ1n) is 5.11. The SMILES string of the molecule is Cc1ccn(Cc2ccc(C(F)(F)F)cc2)n1. The minimum Gasteiger partial charge on any atom is -0.268 e. The van der Waals surface area contributed by atoms with Gasteiger partial charge < -0.3 is 0 Å². The number of rotatable bonds is 2. The molecule has 0 amide bonds. The van der Waals surface area contributed by atoms with Gasteiger partial charge in [-0.1, -0.05) is 12.1 Å². The van der Waals surface area contributed by atoms with Crippen LogP contribution in [0.3, 0.4) is 0 Å². The van der Waals surface area contributed by atoms with E-state index >= 15 is 0 Å². The molecule has 2 nitrogen and oxygen atoms in total. The van der Waals surface area contributed by atoms with Crippen molar-refractivity contribution in [1.29, 1.82) is 0 Å². The van der Waals surface area contributed by atoms with Gasteiger partial charge in [0.1, 0.15) is 0 Å². The van der Waals surface area contributed by atoms with Gasteiger partial charge in [0, 0.05) is 6.20 Å². The second-order valence-electron chi connectivity index (χ2n) is 3.85. The normalized spacial score (nSPS) is 11.8. The maximum atomic E-state index is 12.3. The smallest absolute Gasteiger partial charge is 0.268 e. The van der Waals surface area contributed by atoms with Gasteiger partial charge in [0.2, 0.25) is 0 Å². The highest BCUT2D eigenvalue weighted by Crippen LogP contribution is 2.29. The lowest BCUT2D eigenvalue weighted by molar-refractivity contribution is -0.137. The number of hydrogen-bond acceptors (Lipinski definition) is 1. The average molecular weight is 240 g/mol. The van der Waals surface area contributed by atoms with Crippen molar-refractivity contribution in [2.75, 3.05) is 0 Å². The molecule has 0 atom stereocenters. The van der Waals surface area contributed by atoms with Crippen LogP contribution in [-0.4, -0.2) is 9.78 Å². The molecule has 0 aliphatic carbocycles. The van der Waals surface area contributed by atoms with Crippen LogP contribution >= 0.6 is 0 Å². The number of nitrogens with zero attached hydrogens (tertiary/aromatic N) is 2. The predicted octanol–water partition coefficient (Wildman–Crippen LogP) is 3.26. The number of aryl methyl sites for hydroxylation is 1. The second kappa shape index (κ2) is 4.24. The predicted molar refractivity (Wildman–Crippen MR) is 57.5 cm³/mol. The summed E-state index contributed by atoms with van der Waals surface area (Å²) in [7, 11) is 0. The Hall–Kier alpha value is -1.78. The van der Waals surface area contributed by atoms with E-state index in [0.29, 0.717) is 6.54 Å². The van der Waals surface area contributed by atoms with Crippen LogP contribution in [0, 0.1) is 6.92 Å². The monoisotopic (exact) mass is 240 g/mol. The Kier molecular flexibility index (Phi) is 2.92. The molecule has 2 aromatic rings. The Morgan fingerprint density at radius 1 is 1.12 bits per heavy atom. The maximum Gasteiger partial charge on any atom is 0.416 e. The van der Waals surface area contributed by atoms with Crippen LogP contribution in [0.25, 0.3) is 0 Å². The van der Waals surface area contributed by atoms with E-state index < -0.39 is 11.7 Å². The van der Waals surface area contributed by atoms with E-state index in [1.165, 1.54) is 12.1 Å². The fraction of sp³-hybridized carbons (Fsp3) is 0.250. The fourth-order valence-electron chi connectivity index (χ4n) is 1.54. The standard InChI is InChI=1S/C12H11F3N2/c1-9-6-7-17(16-9)8-10-2-4-11(5-3-10)12(13,14)15/h2-7H,8H2,1H3. The first-order valence-corrected chi connectivity index (χ1v) is 5.11. The quantitative estimate of drug-likeness (QED) is 0.787. The molecule has 1 heterocycles. The summed E-state index contributed by atoms with van der Waals surface area (Å²) in [6.07, 6.45) is -2.48. The van der Waals surface area contributed by atoms with Crippen molar-refractivity contribution in [2.45, 2.75) is 19.6 Å². The summed E-state index contributed by atoms with van der Waals surface area (Å²) < 4.78 is 38.7. The highest BCUT2D eigenvalue weighted by Gasteiger charge is 2.29. The number of alkyl halides is 3. The van der Waals surface area contributed by atoms with Crippen LogP contribution in [0.4, 0.5) is 13.2 Å². The van der Waals surface area contributed by atoms with Crippen LogP contribution in [0.15, 0.2) is 36.5 Å². The van der Waals surface area contributed by atoms with E-state index in [1.54, 1.807) is 10.9 Å². The first-order chi connectivity index (χ1) is 7.95. The Bertz CT molecular complexity index is 497. The number of halogens is 3. The van der Waals surface area contributed by atoms with Gasteiger partial charge >= 0.3 is 6.18 Å². The Morgan fingerprint density at radius 3 is 2.24 bits per heavy atom. The molecule has 5 heteroatoms. The molecule has 0 bridgehead atoms. The van der Waals surface area contributed by atoms with Gasteiger partial charge in [0.05, 0.1) is 17.8 Å². The van der Waals surface area contributed by atoms with Gasteiger partial charge in [-0.3, -0.25) is 4.68 Å². The highest BCUT2D eigenvalue weighted by molar-refractivity contribution is 5.24. The van der Waals surface area contributed by atoms with Gasteiger partial charge in [-0.05, 0) is 30.7 Å². The minimum atomic E-state index is -4.28. The first kappa shape index (κ1) is 11.7. The van der Waals surface area contributed by atoms with E-state index in [0.717, 1.165) is 23.4 Å². The largest absolute Gasteiger partial charge is 0.416 e. The molecule has 0 saturated heterocycles. The topological polar surface area (TPSA) is 17.8 Å². The molecule has 2 rings (SSSR count). The third-order valence-corrected chi connectivity index (χ3v) is 2.40. The zero-order valence-electron chi connectivity index (χ0n) is 9.20. The fourth-order valence-corrected chi connectivity index (χ4v) is 1.54. The average Bonchev–Trinajstić information content (AvgIpc) is 2.63. The molecule has 0 saturated carbocycles. The highest BCUT2D eigenvalue weighted by atomic mass is 19.4. The summed E-state index contributed by atoms with van der Waals surface area (Å²) in [5, 5.41) is 4.17. The molecule has 0 spiro atoms. The van der Waals surface area contributed by atoms with Crippen molar-refractivity contribution < 1.29 is 13.2 Å². The van der Waals surface area contributed by atoms with Crippen LogP contribution in [0.2, 0.25) is 0 Å². The van der Waals surface area contributed by atoms with Crippen molar-refractivity contribution in [2.24, 2.45) is 0 Å². The van der Waals surface area contributed by atoms with Gasteiger partial charge in [0.25, 0.3) is 0 Å². The second-order valence-corrected chi connectivity index (χ2v) is 3.85. The van der Waals surface area contributed by atoms with Crippen LogP contribution < -0.4 is 0 Å². The molecule has 1 aromatic carbocycles. The minimum absolute atomic E-state index is 0.478.